The number of hydrogen-bond donors (Lipinski definition) is 2. The molecule has 0 radical (unpaired) electrons. The van der Waals surface area contributed by atoms with Gasteiger partial charge < -0.3 is 10.4 Å². The van der Waals surface area contributed by atoms with Crippen LogP contribution in [0.2, 0.25) is 5.02 Å². The van der Waals surface area contributed by atoms with E-state index in [9.17, 15) is 14.7 Å². The number of aromatic nitrogens is 2. The number of halogens is 1. The quantitative estimate of drug-likeness (QED) is 0.879. The molecule has 1 aromatic heterocycles. The summed E-state index contributed by atoms with van der Waals surface area (Å²) in [7, 11) is 0. The van der Waals surface area contributed by atoms with Crippen LogP contribution in [-0.2, 0) is 4.79 Å². The zero-order chi connectivity index (χ0) is 17.1. The molecular formula is C16H18ClN3O3. The molecule has 0 aliphatic carbocycles. The fraction of sp³-hybridized carbons (Fsp3) is 0.312. The summed E-state index contributed by atoms with van der Waals surface area (Å²) in [6.07, 6.45) is 1.68. The number of nitrogens with one attached hydrogen (secondary N) is 1. The maximum atomic E-state index is 12.3. The Labute approximate surface area is 139 Å². The Hall–Kier alpha value is -2.34. The predicted molar refractivity (Wildman–Crippen MR) is 87.0 cm³/mol. The van der Waals surface area contributed by atoms with Crippen molar-refractivity contribution in [2.75, 3.05) is 0 Å². The van der Waals surface area contributed by atoms with E-state index in [0.717, 1.165) is 0 Å². The van der Waals surface area contributed by atoms with Crippen molar-refractivity contribution in [3.05, 3.63) is 46.7 Å². The van der Waals surface area contributed by atoms with Crippen molar-refractivity contribution in [1.82, 2.24) is 15.1 Å². The number of aliphatic carboxylic acids is 1. The van der Waals surface area contributed by atoms with Gasteiger partial charge in [0.25, 0.3) is 5.91 Å². The van der Waals surface area contributed by atoms with Crippen molar-refractivity contribution in [3.8, 4) is 5.69 Å². The second-order valence-electron chi connectivity index (χ2n) is 5.59. The Morgan fingerprint density at radius 2 is 1.96 bits per heavy atom. The Morgan fingerprint density at radius 3 is 2.52 bits per heavy atom. The summed E-state index contributed by atoms with van der Waals surface area (Å²) in [5, 5.41) is 16.4. The number of carbonyl (C=O) groups excluding carboxylic acids is 1. The fourth-order valence-electron chi connectivity index (χ4n) is 2.17. The first kappa shape index (κ1) is 17.0. The third kappa shape index (κ3) is 3.71. The van der Waals surface area contributed by atoms with Gasteiger partial charge in [0, 0.05) is 11.8 Å². The van der Waals surface area contributed by atoms with Gasteiger partial charge in [0.05, 0.1) is 10.7 Å². The van der Waals surface area contributed by atoms with Crippen LogP contribution in [-0.4, -0.2) is 32.8 Å². The van der Waals surface area contributed by atoms with Crippen LogP contribution in [0, 0.1) is 12.8 Å². The number of carboxylic acid groups (broad SMARTS) is 1. The lowest BCUT2D eigenvalue weighted by Gasteiger charge is -2.17. The normalized spacial score (nSPS) is 12.2. The van der Waals surface area contributed by atoms with Gasteiger partial charge in [0.15, 0.2) is 5.69 Å². The van der Waals surface area contributed by atoms with Gasteiger partial charge in [-0.25, -0.2) is 9.48 Å². The highest BCUT2D eigenvalue weighted by atomic mass is 35.5. The summed E-state index contributed by atoms with van der Waals surface area (Å²) in [4.78, 5) is 23.5. The second-order valence-corrected chi connectivity index (χ2v) is 6.00. The number of nitrogens with zero attached hydrogens (tertiary/aromatic N) is 2. The molecule has 7 heteroatoms. The zero-order valence-electron chi connectivity index (χ0n) is 13.1. The number of amides is 1. The molecule has 2 N–H and O–H groups in total. The number of carbonyl (C=O) groups is 2. The molecule has 1 atom stereocenters. The average molecular weight is 336 g/mol. The van der Waals surface area contributed by atoms with E-state index >= 15 is 0 Å². The minimum Gasteiger partial charge on any atom is -0.480 e. The average Bonchev–Trinajstić information content (AvgIpc) is 2.86. The van der Waals surface area contributed by atoms with E-state index < -0.39 is 17.9 Å². The first-order valence-electron chi connectivity index (χ1n) is 7.16. The Morgan fingerprint density at radius 1 is 1.30 bits per heavy atom. The lowest BCUT2D eigenvalue weighted by Crippen LogP contribution is -2.44. The van der Waals surface area contributed by atoms with Gasteiger partial charge in [-0.1, -0.05) is 37.6 Å². The molecule has 0 saturated heterocycles. The highest BCUT2D eigenvalue weighted by Gasteiger charge is 2.26. The third-order valence-electron chi connectivity index (χ3n) is 3.43. The molecule has 0 spiro atoms. The summed E-state index contributed by atoms with van der Waals surface area (Å²) in [6, 6.07) is 6.16. The largest absolute Gasteiger partial charge is 0.480 e. The fourth-order valence-corrected chi connectivity index (χ4v) is 2.39. The monoisotopic (exact) mass is 335 g/mol. The molecule has 6 nitrogen and oxygen atoms in total. The van der Waals surface area contributed by atoms with Gasteiger partial charge in [0.1, 0.15) is 6.04 Å². The van der Waals surface area contributed by atoms with Crippen molar-refractivity contribution in [2.45, 2.75) is 26.8 Å². The van der Waals surface area contributed by atoms with Crippen LogP contribution in [0.25, 0.3) is 5.69 Å². The van der Waals surface area contributed by atoms with Crippen molar-refractivity contribution < 1.29 is 14.7 Å². The number of aryl methyl sites for hydroxylation is 1. The van der Waals surface area contributed by atoms with Crippen LogP contribution in [0.5, 0.6) is 0 Å². The summed E-state index contributed by atoms with van der Waals surface area (Å²) < 4.78 is 1.51. The van der Waals surface area contributed by atoms with Gasteiger partial charge in [-0.15, -0.1) is 0 Å². The molecule has 2 rings (SSSR count). The lowest BCUT2D eigenvalue weighted by molar-refractivity contribution is -0.140. The number of carboxylic acids is 1. The highest BCUT2D eigenvalue weighted by Crippen LogP contribution is 2.20. The van der Waals surface area contributed by atoms with Crippen molar-refractivity contribution in [1.29, 1.82) is 0 Å². The molecule has 23 heavy (non-hydrogen) atoms. The van der Waals surface area contributed by atoms with E-state index in [1.165, 1.54) is 4.68 Å². The standard InChI is InChI=1S/C16H18ClN3O3/c1-9(2)13(16(22)23)18-15(21)14-10(3)8-20(19-14)12-7-5-4-6-11(12)17/h4-9,13H,1-3H3,(H,18,21)(H,22,23). The predicted octanol–water partition coefficient (Wildman–Crippen LogP) is 2.67. The van der Waals surface area contributed by atoms with Crippen LogP contribution in [0.1, 0.15) is 29.9 Å². The molecule has 1 heterocycles. The molecule has 0 bridgehead atoms. The van der Waals surface area contributed by atoms with E-state index in [4.69, 9.17) is 11.6 Å². The van der Waals surface area contributed by atoms with Gasteiger partial charge >= 0.3 is 5.97 Å². The summed E-state index contributed by atoms with van der Waals surface area (Å²) in [5.41, 5.74) is 1.46. The van der Waals surface area contributed by atoms with Crippen LogP contribution < -0.4 is 5.32 Å². The van der Waals surface area contributed by atoms with Gasteiger partial charge in [0.2, 0.25) is 0 Å². The Bertz CT molecular complexity index is 740. The number of benzene rings is 1. The molecule has 0 fully saturated rings. The van der Waals surface area contributed by atoms with Crippen LogP contribution in [0.3, 0.4) is 0 Å². The molecule has 0 aliphatic heterocycles. The molecule has 0 aliphatic rings. The van der Waals surface area contributed by atoms with Gasteiger partial charge in [-0.3, -0.25) is 4.79 Å². The third-order valence-corrected chi connectivity index (χ3v) is 3.75. The van der Waals surface area contributed by atoms with E-state index in [1.807, 2.05) is 6.07 Å². The number of para-hydroxylation sites is 1. The van der Waals surface area contributed by atoms with Gasteiger partial charge in [-0.2, -0.15) is 5.10 Å². The van der Waals surface area contributed by atoms with Gasteiger partial charge in [-0.05, 0) is 25.0 Å². The lowest BCUT2D eigenvalue weighted by atomic mass is 10.0. The van der Waals surface area contributed by atoms with E-state index in [2.05, 4.69) is 10.4 Å². The van der Waals surface area contributed by atoms with E-state index in [1.54, 1.807) is 45.2 Å². The van der Waals surface area contributed by atoms with Crippen molar-refractivity contribution in [2.24, 2.45) is 5.92 Å². The number of hydrogen-bond acceptors (Lipinski definition) is 3. The minimum absolute atomic E-state index is 0.178. The summed E-state index contributed by atoms with van der Waals surface area (Å²) in [6.45, 7) is 5.20. The summed E-state index contributed by atoms with van der Waals surface area (Å²) >= 11 is 6.13. The first-order valence-corrected chi connectivity index (χ1v) is 7.54. The minimum atomic E-state index is -1.07. The van der Waals surface area contributed by atoms with E-state index in [-0.39, 0.29) is 11.6 Å². The van der Waals surface area contributed by atoms with E-state index in [0.29, 0.717) is 16.3 Å². The van der Waals surface area contributed by atoms with Crippen LogP contribution >= 0.6 is 11.6 Å². The Balaban J connectivity index is 2.29. The SMILES string of the molecule is Cc1cn(-c2ccccc2Cl)nc1C(=O)NC(C(=O)O)C(C)C. The molecule has 2 aromatic rings. The van der Waals surface area contributed by atoms with Crippen LogP contribution in [0.4, 0.5) is 0 Å². The van der Waals surface area contributed by atoms with Crippen LogP contribution in [0.15, 0.2) is 30.5 Å². The first-order chi connectivity index (χ1) is 10.8. The van der Waals surface area contributed by atoms with Crippen molar-refractivity contribution in [3.63, 3.8) is 0 Å². The number of rotatable bonds is 5. The Kier molecular flexibility index (Phi) is 5.05. The maximum absolute atomic E-state index is 12.3. The molecule has 122 valence electrons. The highest BCUT2D eigenvalue weighted by molar-refractivity contribution is 6.32. The molecule has 0 saturated carbocycles. The topological polar surface area (TPSA) is 84.2 Å². The smallest absolute Gasteiger partial charge is 0.326 e. The molecule has 1 unspecified atom stereocenters. The van der Waals surface area contributed by atoms with Crippen molar-refractivity contribution >= 4 is 23.5 Å². The zero-order valence-corrected chi connectivity index (χ0v) is 13.8. The second kappa shape index (κ2) is 6.83. The maximum Gasteiger partial charge on any atom is 0.326 e. The molecule has 1 amide bonds. The summed E-state index contributed by atoms with van der Waals surface area (Å²) in [5.74, 6) is -1.83. The molecular weight excluding hydrogens is 318 g/mol. The molecule has 1 aromatic carbocycles.